The minimum absolute atomic E-state index is 0.0770. The summed E-state index contributed by atoms with van der Waals surface area (Å²) in [5.74, 6) is 0.470. The third-order valence-electron chi connectivity index (χ3n) is 4.63. The first kappa shape index (κ1) is 15.5. The van der Waals surface area contributed by atoms with E-state index in [0.717, 1.165) is 32.5 Å². The lowest BCUT2D eigenvalue weighted by Crippen LogP contribution is -2.44. The number of aliphatic hydroxyl groups is 1. The zero-order chi connectivity index (χ0) is 14.4. The van der Waals surface area contributed by atoms with E-state index in [4.69, 9.17) is 5.11 Å². The summed E-state index contributed by atoms with van der Waals surface area (Å²) >= 11 is 0. The van der Waals surface area contributed by atoms with Crippen LogP contribution in [0.15, 0.2) is 11.6 Å². The molecule has 0 aromatic rings. The van der Waals surface area contributed by atoms with Crippen molar-refractivity contribution in [3.63, 3.8) is 0 Å². The van der Waals surface area contributed by atoms with Gasteiger partial charge in [-0.15, -0.1) is 0 Å². The van der Waals surface area contributed by atoms with E-state index in [9.17, 15) is 4.79 Å². The van der Waals surface area contributed by atoms with Crippen LogP contribution >= 0.6 is 0 Å². The number of rotatable bonds is 6. The number of carbonyl (C=O) groups is 1. The Bertz CT molecular complexity index is 354. The summed E-state index contributed by atoms with van der Waals surface area (Å²) in [6.45, 7) is 4.72. The molecule has 2 atom stereocenters. The van der Waals surface area contributed by atoms with Crippen LogP contribution in [0.2, 0.25) is 0 Å². The molecule has 0 aromatic carbocycles. The zero-order valence-corrected chi connectivity index (χ0v) is 12.6. The van der Waals surface area contributed by atoms with E-state index in [0.29, 0.717) is 5.92 Å². The average molecular weight is 280 g/mol. The molecule has 20 heavy (non-hydrogen) atoms. The molecule has 2 aliphatic rings. The van der Waals surface area contributed by atoms with E-state index in [1.165, 1.54) is 31.3 Å². The van der Waals surface area contributed by atoms with Gasteiger partial charge in [-0.1, -0.05) is 11.6 Å². The van der Waals surface area contributed by atoms with Crippen molar-refractivity contribution in [1.82, 2.24) is 10.2 Å². The average Bonchev–Trinajstić information content (AvgIpc) is 2.96. The normalized spacial score (nSPS) is 25.3. The summed E-state index contributed by atoms with van der Waals surface area (Å²) in [6, 6.07) is -0.0770. The fourth-order valence-electron chi connectivity index (χ4n) is 3.15. The summed E-state index contributed by atoms with van der Waals surface area (Å²) < 4.78 is 0. The molecule has 2 unspecified atom stereocenters. The van der Waals surface area contributed by atoms with E-state index in [1.807, 2.05) is 6.92 Å². The monoisotopic (exact) mass is 280 g/mol. The Morgan fingerprint density at radius 2 is 2.40 bits per heavy atom. The molecule has 0 saturated carbocycles. The first-order valence-corrected chi connectivity index (χ1v) is 8.01. The molecule has 0 bridgehead atoms. The van der Waals surface area contributed by atoms with Gasteiger partial charge in [0.05, 0.1) is 6.04 Å². The maximum absolute atomic E-state index is 12.1. The van der Waals surface area contributed by atoms with Crippen molar-refractivity contribution in [3.05, 3.63) is 11.6 Å². The van der Waals surface area contributed by atoms with Gasteiger partial charge in [-0.3, -0.25) is 9.69 Å². The molecule has 0 spiro atoms. The summed E-state index contributed by atoms with van der Waals surface area (Å²) in [5, 5.41) is 12.2. The number of allylic oxidation sites excluding steroid dienone is 1. The highest BCUT2D eigenvalue weighted by atomic mass is 16.3. The predicted octanol–water partition coefficient (Wildman–Crippen LogP) is 1.70. The maximum Gasteiger partial charge on any atom is 0.237 e. The van der Waals surface area contributed by atoms with Crippen molar-refractivity contribution in [2.24, 2.45) is 5.92 Å². The molecule has 0 aromatic heterocycles. The van der Waals surface area contributed by atoms with Crippen molar-refractivity contribution < 1.29 is 9.90 Å². The van der Waals surface area contributed by atoms with Crippen molar-refractivity contribution in [2.45, 2.75) is 51.5 Å². The van der Waals surface area contributed by atoms with E-state index < -0.39 is 0 Å². The first-order chi connectivity index (χ1) is 9.70. The van der Waals surface area contributed by atoms with Crippen LogP contribution in [-0.2, 0) is 4.79 Å². The van der Waals surface area contributed by atoms with Crippen molar-refractivity contribution >= 4 is 5.91 Å². The van der Waals surface area contributed by atoms with E-state index in [-0.39, 0.29) is 18.6 Å². The third-order valence-corrected chi connectivity index (χ3v) is 4.63. The predicted molar refractivity (Wildman–Crippen MR) is 80.4 cm³/mol. The maximum atomic E-state index is 12.1. The summed E-state index contributed by atoms with van der Waals surface area (Å²) in [5.41, 5.74) is 1.51. The lowest BCUT2D eigenvalue weighted by molar-refractivity contribution is -0.125. The molecule has 4 nitrogen and oxygen atoms in total. The Balaban J connectivity index is 1.67. The molecule has 4 heteroatoms. The molecule has 114 valence electrons. The molecular weight excluding hydrogens is 252 g/mol. The summed E-state index contributed by atoms with van der Waals surface area (Å²) in [4.78, 5) is 14.3. The SMILES string of the molecule is CC(C(=O)NCCC1=CCCCC1)N1CCC(CO)C1. The van der Waals surface area contributed by atoms with Gasteiger partial charge in [-0.2, -0.15) is 0 Å². The molecular formula is C16H28N2O2. The van der Waals surface area contributed by atoms with Gasteiger partial charge in [0.1, 0.15) is 0 Å². The second-order valence-electron chi connectivity index (χ2n) is 6.16. The summed E-state index contributed by atoms with van der Waals surface area (Å²) in [7, 11) is 0. The standard InChI is InChI=1S/C16H28N2O2/c1-13(18-10-8-15(11-18)12-19)16(20)17-9-7-14-5-3-2-4-6-14/h5,13,15,19H,2-4,6-12H2,1H3,(H,17,20). The van der Waals surface area contributed by atoms with Gasteiger partial charge in [-0.05, 0) is 57.9 Å². The highest BCUT2D eigenvalue weighted by Gasteiger charge is 2.28. The molecule has 1 aliphatic heterocycles. The number of aliphatic hydroxyl groups excluding tert-OH is 1. The Morgan fingerprint density at radius 3 is 3.05 bits per heavy atom. The molecule has 1 heterocycles. The van der Waals surface area contributed by atoms with Crippen LogP contribution in [-0.4, -0.2) is 48.2 Å². The highest BCUT2D eigenvalue weighted by molar-refractivity contribution is 5.81. The van der Waals surface area contributed by atoms with Gasteiger partial charge < -0.3 is 10.4 Å². The zero-order valence-electron chi connectivity index (χ0n) is 12.6. The lowest BCUT2D eigenvalue weighted by atomic mass is 9.97. The fourth-order valence-corrected chi connectivity index (χ4v) is 3.15. The van der Waals surface area contributed by atoms with E-state index >= 15 is 0 Å². The molecule has 1 saturated heterocycles. The minimum Gasteiger partial charge on any atom is -0.396 e. The van der Waals surface area contributed by atoms with Crippen LogP contribution in [0.5, 0.6) is 0 Å². The van der Waals surface area contributed by atoms with Gasteiger partial charge in [0, 0.05) is 19.7 Å². The number of amides is 1. The van der Waals surface area contributed by atoms with Gasteiger partial charge in [-0.25, -0.2) is 0 Å². The first-order valence-electron chi connectivity index (χ1n) is 8.01. The Labute approximate surface area is 122 Å². The van der Waals surface area contributed by atoms with Crippen LogP contribution in [0.3, 0.4) is 0 Å². The van der Waals surface area contributed by atoms with Gasteiger partial charge in [0.25, 0.3) is 0 Å². The second kappa shape index (κ2) is 7.79. The third kappa shape index (κ3) is 4.32. The number of hydrogen-bond donors (Lipinski definition) is 2. The number of hydrogen-bond acceptors (Lipinski definition) is 3. The Hall–Kier alpha value is -0.870. The molecule has 1 aliphatic carbocycles. The highest BCUT2D eigenvalue weighted by Crippen LogP contribution is 2.20. The van der Waals surface area contributed by atoms with Crippen LogP contribution in [0.1, 0.15) is 45.4 Å². The van der Waals surface area contributed by atoms with Gasteiger partial charge >= 0.3 is 0 Å². The summed E-state index contributed by atoms with van der Waals surface area (Å²) in [6.07, 6.45) is 9.36. The van der Waals surface area contributed by atoms with Crippen molar-refractivity contribution in [3.8, 4) is 0 Å². The largest absolute Gasteiger partial charge is 0.396 e. The molecule has 0 radical (unpaired) electrons. The molecule has 1 fully saturated rings. The van der Waals surface area contributed by atoms with Crippen molar-refractivity contribution in [2.75, 3.05) is 26.2 Å². The Kier molecular flexibility index (Phi) is 6.05. The quantitative estimate of drug-likeness (QED) is 0.728. The topological polar surface area (TPSA) is 52.6 Å². The molecule has 2 rings (SSSR count). The minimum atomic E-state index is -0.0770. The smallest absolute Gasteiger partial charge is 0.237 e. The van der Waals surface area contributed by atoms with Crippen LogP contribution < -0.4 is 5.32 Å². The van der Waals surface area contributed by atoms with Crippen LogP contribution in [0.25, 0.3) is 0 Å². The molecule has 1 amide bonds. The van der Waals surface area contributed by atoms with Gasteiger partial charge in [0.2, 0.25) is 5.91 Å². The molecule has 2 N–H and O–H groups in total. The number of nitrogens with one attached hydrogen (secondary N) is 1. The Morgan fingerprint density at radius 1 is 1.55 bits per heavy atom. The number of carbonyl (C=O) groups excluding carboxylic acids is 1. The number of likely N-dealkylation sites (tertiary alicyclic amines) is 1. The fraction of sp³-hybridized carbons (Fsp3) is 0.812. The van der Waals surface area contributed by atoms with E-state index in [2.05, 4.69) is 16.3 Å². The van der Waals surface area contributed by atoms with Gasteiger partial charge in [0.15, 0.2) is 0 Å². The lowest BCUT2D eigenvalue weighted by Gasteiger charge is -2.23. The number of nitrogens with zero attached hydrogens (tertiary/aromatic N) is 1. The van der Waals surface area contributed by atoms with Crippen LogP contribution in [0, 0.1) is 5.92 Å². The second-order valence-corrected chi connectivity index (χ2v) is 6.16. The van der Waals surface area contributed by atoms with Crippen molar-refractivity contribution in [1.29, 1.82) is 0 Å². The van der Waals surface area contributed by atoms with Crippen LogP contribution in [0.4, 0.5) is 0 Å². The van der Waals surface area contributed by atoms with E-state index in [1.54, 1.807) is 0 Å².